The van der Waals surface area contributed by atoms with Crippen LogP contribution in [0.1, 0.15) is 46.5 Å². The van der Waals surface area contributed by atoms with Crippen LogP contribution in [0.15, 0.2) is 11.6 Å². The van der Waals surface area contributed by atoms with Crippen LogP contribution in [0.3, 0.4) is 0 Å². The molecule has 0 aromatic carbocycles. The van der Waals surface area contributed by atoms with Gasteiger partial charge < -0.3 is 9.84 Å². The van der Waals surface area contributed by atoms with E-state index in [1.54, 1.807) is 0 Å². The maximum absolute atomic E-state index is 11.3. The van der Waals surface area contributed by atoms with Crippen LogP contribution in [0.4, 0.5) is 0 Å². The summed E-state index contributed by atoms with van der Waals surface area (Å²) in [5, 5.41) is 9.95. The number of hydrogen-bond acceptors (Lipinski definition) is 3. The number of aliphatic hydroxyl groups is 1. The number of aliphatic hydroxyl groups excluding tert-OH is 1. The zero-order valence-corrected chi connectivity index (χ0v) is 10.2. The number of ether oxygens (including phenoxy) is 1. The number of esters is 1. The molecule has 2 aliphatic rings. The van der Waals surface area contributed by atoms with Crippen molar-refractivity contribution in [2.45, 2.75) is 58.2 Å². The summed E-state index contributed by atoms with van der Waals surface area (Å²) in [6.07, 6.45) is 4.51. The second-order valence-corrected chi connectivity index (χ2v) is 5.64. The van der Waals surface area contributed by atoms with Gasteiger partial charge in [0.05, 0.1) is 6.10 Å². The SMILES string of the molecule is CC1=CCC(C)(C2(C)CCC(=O)O2)CC1O. The summed E-state index contributed by atoms with van der Waals surface area (Å²) >= 11 is 0. The predicted molar refractivity (Wildman–Crippen MR) is 60.8 cm³/mol. The van der Waals surface area contributed by atoms with E-state index in [0.29, 0.717) is 12.8 Å². The van der Waals surface area contributed by atoms with Crippen molar-refractivity contribution in [3.8, 4) is 0 Å². The van der Waals surface area contributed by atoms with Gasteiger partial charge in [-0.3, -0.25) is 4.79 Å². The van der Waals surface area contributed by atoms with Gasteiger partial charge in [0, 0.05) is 11.8 Å². The van der Waals surface area contributed by atoms with E-state index in [-0.39, 0.29) is 11.4 Å². The minimum atomic E-state index is -0.414. The molecule has 16 heavy (non-hydrogen) atoms. The first kappa shape index (κ1) is 11.6. The minimum absolute atomic E-state index is 0.107. The van der Waals surface area contributed by atoms with Crippen molar-refractivity contribution in [3.05, 3.63) is 11.6 Å². The molecule has 1 saturated heterocycles. The van der Waals surface area contributed by atoms with Gasteiger partial charge in [-0.05, 0) is 38.7 Å². The van der Waals surface area contributed by atoms with Gasteiger partial charge in [0.25, 0.3) is 0 Å². The Morgan fingerprint density at radius 2 is 2.19 bits per heavy atom. The maximum Gasteiger partial charge on any atom is 0.306 e. The van der Waals surface area contributed by atoms with Crippen molar-refractivity contribution < 1.29 is 14.6 Å². The number of carbonyl (C=O) groups excluding carboxylic acids is 1. The molecule has 0 bridgehead atoms. The highest BCUT2D eigenvalue weighted by atomic mass is 16.6. The van der Waals surface area contributed by atoms with E-state index in [1.807, 2.05) is 13.8 Å². The Morgan fingerprint density at radius 3 is 2.69 bits per heavy atom. The van der Waals surface area contributed by atoms with Gasteiger partial charge >= 0.3 is 5.97 Å². The molecule has 1 aliphatic carbocycles. The van der Waals surface area contributed by atoms with Crippen LogP contribution in [0.2, 0.25) is 0 Å². The van der Waals surface area contributed by atoms with Crippen molar-refractivity contribution >= 4 is 5.97 Å². The third kappa shape index (κ3) is 1.67. The fourth-order valence-electron chi connectivity index (χ4n) is 2.74. The summed E-state index contributed by atoms with van der Waals surface area (Å²) in [6.45, 7) is 6.06. The molecule has 1 fully saturated rings. The van der Waals surface area contributed by atoms with E-state index >= 15 is 0 Å². The van der Waals surface area contributed by atoms with E-state index in [1.165, 1.54) is 0 Å². The number of hydrogen-bond donors (Lipinski definition) is 1. The Kier molecular flexibility index (Phi) is 2.61. The van der Waals surface area contributed by atoms with Crippen molar-refractivity contribution in [1.82, 2.24) is 0 Å². The zero-order valence-electron chi connectivity index (χ0n) is 10.2. The summed E-state index contributed by atoms with van der Waals surface area (Å²) in [6, 6.07) is 0. The second kappa shape index (κ2) is 3.59. The van der Waals surface area contributed by atoms with Crippen LogP contribution in [-0.2, 0) is 9.53 Å². The molecule has 2 rings (SSSR count). The highest BCUT2D eigenvalue weighted by Gasteiger charge is 2.52. The molecule has 1 heterocycles. The number of cyclic esters (lactones) is 1. The number of allylic oxidation sites excluding steroid dienone is 1. The summed E-state index contributed by atoms with van der Waals surface area (Å²) in [5.41, 5.74) is 0.478. The monoisotopic (exact) mass is 224 g/mol. The zero-order chi connectivity index (χ0) is 12.0. The van der Waals surface area contributed by atoms with Gasteiger partial charge in [0.15, 0.2) is 0 Å². The number of carbonyl (C=O) groups is 1. The lowest BCUT2D eigenvalue weighted by Crippen LogP contribution is -2.47. The maximum atomic E-state index is 11.3. The normalized spacial score (nSPS) is 44.1. The first-order valence-electron chi connectivity index (χ1n) is 5.93. The third-order valence-corrected chi connectivity index (χ3v) is 4.47. The lowest BCUT2D eigenvalue weighted by Gasteiger charge is -2.45. The van der Waals surface area contributed by atoms with Gasteiger partial charge in [-0.1, -0.05) is 13.0 Å². The first-order valence-corrected chi connectivity index (χ1v) is 5.93. The van der Waals surface area contributed by atoms with Gasteiger partial charge in [0.1, 0.15) is 5.60 Å². The lowest BCUT2D eigenvalue weighted by molar-refractivity contribution is -0.160. The lowest BCUT2D eigenvalue weighted by atomic mass is 9.64. The van der Waals surface area contributed by atoms with Crippen LogP contribution in [0.5, 0.6) is 0 Å². The van der Waals surface area contributed by atoms with Crippen LogP contribution < -0.4 is 0 Å². The Bertz CT molecular complexity index is 347. The molecule has 90 valence electrons. The summed E-state index contributed by atoms with van der Waals surface area (Å²) in [5.74, 6) is -0.107. The first-order chi connectivity index (χ1) is 7.36. The fourth-order valence-corrected chi connectivity index (χ4v) is 2.74. The highest BCUT2D eigenvalue weighted by molar-refractivity contribution is 5.72. The van der Waals surface area contributed by atoms with E-state index in [2.05, 4.69) is 13.0 Å². The van der Waals surface area contributed by atoms with Crippen molar-refractivity contribution in [2.24, 2.45) is 5.41 Å². The van der Waals surface area contributed by atoms with Crippen molar-refractivity contribution in [2.75, 3.05) is 0 Å². The molecule has 0 radical (unpaired) electrons. The molecule has 3 heteroatoms. The smallest absolute Gasteiger partial charge is 0.306 e. The second-order valence-electron chi connectivity index (χ2n) is 5.64. The molecule has 1 N–H and O–H groups in total. The molecular weight excluding hydrogens is 204 g/mol. The van der Waals surface area contributed by atoms with E-state index in [9.17, 15) is 9.90 Å². The predicted octanol–water partition coefficient (Wildman–Crippen LogP) is 2.19. The van der Waals surface area contributed by atoms with E-state index < -0.39 is 11.7 Å². The fraction of sp³-hybridized carbons (Fsp3) is 0.769. The molecule has 0 spiro atoms. The van der Waals surface area contributed by atoms with Gasteiger partial charge in [-0.2, -0.15) is 0 Å². The highest BCUT2D eigenvalue weighted by Crippen LogP contribution is 2.50. The summed E-state index contributed by atoms with van der Waals surface area (Å²) < 4.78 is 5.50. The molecule has 3 atom stereocenters. The van der Waals surface area contributed by atoms with Crippen LogP contribution in [-0.4, -0.2) is 22.8 Å². The third-order valence-electron chi connectivity index (χ3n) is 4.47. The molecule has 0 aromatic rings. The molecule has 3 unspecified atom stereocenters. The molecule has 0 aromatic heterocycles. The number of rotatable bonds is 1. The quantitative estimate of drug-likeness (QED) is 0.548. The summed E-state index contributed by atoms with van der Waals surface area (Å²) in [7, 11) is 0. The van der Waals surface area contributed by atoms with Crippen molar-refractivity contribution in [3.63, 3.8) is 0 Å². The summed E-state index contributed by atoms with van der Waals surface area (Å²) in [4.78, 5) is 11.3. The molecular formula is C13H20O3. The van der Waals surface area contributed by atoms with E-state index in [4.69, 9.17) is 4.74 Å². The van der Waals surface area contributed by atoms with Crippen LogP contribution in [0, 0.1) is 5.41 Å². The Morgan fingerprint density at radius 1 is 1.50 bits per heavy atom. The van der Waals surface area contributed by atoms with Gasteiger partial charge in [0.2, 0.25) is 0 Å². The topological polar surface area (TPSA) is 46.5 Å². The van der Waals surface area contributed by atoms with Crippen molar-refractivity contribution in [1.29, 1.82) is 0 Å². The molecule has 3 nitrogen and oxygen atoms in total. The van der Waals surface area contributed by atoms with Gasteiger partial charge in [-0.25, -0.2) is 0 Å². The average Bonchev–Trinajstić information content (AvgIpc) is 2.55. The Labute approximate surface area is 96.5 Å². The van der Waals surface area contributed by atoms with E-state index in [0.717, 1.165) is 18.4 Å². The molecule has 0 saturated carbocycles. The Balaban J connectivity index is 2.23. The average molecular weight is 224 g/mol. The Hall–Kier alpha value is -0.830. The molecule has 1 aliphatic heterocycles. The largest absolute Gasteiger partial charge is 0.459 e. The van der Waals surface area contributed by atoms with Gasteiger partial charge in [-0.15, -0.1) is 0 Å². The molecule has 0 amide bonds. The standard InChI is InChI=1S/C13H20O3/c1-9-4-6-12(2,8-10(9)14)13(3)7-5-11(15)16-13/h4,10,14H,5-8H2,1-3H3. The van der Waals surface area contributed by atoms with Crippen LogP contribution in [0.25, 0.3) is 0 Å². The minimum Gasteiger partial charge on any atom is -0.459 e. The van der Waals surface area contributed by atoms with Crippen LogP contribution >= 0.6 is 0 Å².